The molecule has 1 atom stereocenters. The second kappa shape index (κ2) is 4.70. The van der Waals surface area contributed by atoms with Crippen LogP contribution in [-0.4, -0.2) is 16.3 Å². The Labute approximate surface area is 94.6 Å². The lowest BCUT2D eigenvalue weighted by molar-refractivity contribution is 0.705. The molecule has 0 fully saturated rings. The largest absolute Gasteiger partial charge is 0.390 e. The van der Waals surface area contributed by atoms with Gasteiger partial charge >= 0.3 is 0 Å². The highest BCUT2D eigenvalue weighted by Crippen LogP contribution is 2.28. The third-order valence-electron chi connectivity index (χ3n) is 2.45. The fraction of sp³-hybridized carbons (Fsp3) is 0.250. The normalized spacial score (nSPS) is 20.7. The fourth-order valence-electron chi connectivity index (χ4n) is 1.80. The summed E-state index contributed by atoms with van der Waals surface area (Å²) < 4.78 is 0. The molecule has 1 aromatic heterocycles. The van der Waals surface area contributed by atoms with Gasteiger partial charge in [0.1, 0.15) is 6.33 Å². The summed E-state index contributed by atoms with van der Waals surface area (Å²) in [6, 6.07) is 0. The van der Waals surface area contributed by atoms with Gasteiger partial charge < -0.3 is 5.73 Å². The monoisotopic (exact) mass is 214 g/mol. The third kappa shape index (κ3) is 2.34. The molecule has 0 aromatic carbocycles. The lowest BCUT2D eigenvalue weighted by Crippen LogP contribution is -2.02. The molecule has 2 N–H and O–H groups in total. The van der Waals surface area contributed by atoms with Gasteiger partial charge in [-0.05, 0) is 24.0 Å². The number of hydrogen-bond donors (Lipinski definition) is 1. The minimum atomic E-state index is 0.457. The van der Waals surface area contributed by atoms with E-state index >= 15 is 0 Å². The van der Waals surface area contributed by atoms with Crippen LogP contribution in [0.2, 0.25) is 0 Å². The maximum Gasteiger partial charge on any atom is 0.115 e. The van der Waals surface area contributed by atoms with Crippen LogP contribution in [0, 0.1) is 5.92 Å². The molecule has 0 radical (unpaired) electrons. The van der Waals surface area contributed by atoms with E-state index in [1.54, 1.807) is 12.4 Å². The topological polar surface area (TPSA) is 64.2 Å². The molecule has 1 unspecified atom stereocenters. The first-order chi connectivity index (χ1) is 7.79. The van der Waals surface area contributed by atoms with Crippen LogP contribution in [-0.2, 0) is 0 Å². The smallest absolute Gasteiger partial charge is 0.115 e. The van der Waals surface area contributed by atoms with Gasteiger partial charge in [0.05, 0.1) is 6.34 Å². The third-order valence-corrected chi connectivity index (χ3v) is 2.45. The average molecular weight is 214 g/mol. The van der Waals surface area contributed by atoms with Crippen molar-refractivity contribution in [3.05, 3.63) is 42.1 Å². The van der Waals surface area contributed by atoms with Gasteiger partial charge in [0.15, 0.2) is 0 Å². The van der Waals surface area contributed by atoms with Crippen molar-refractivity contribution in [3.8, 4) is 0 Å². The van der Waals surface area contributed by atoms with Crippen molar-refractivity contribution in [1.82, 2.24) is 9.97 Å². The molecule has 1 aromatic rings. The van der Waals surface area contributed by atoms with Gasteiger partial charge in [-0.1, -0.05) is 13.0 Å². The van der Waals surface area contributed by atoms with Crippen LogP contribution >= 0.6 is 0 Å². The van der Waals surface area contributed by atoms with Gasteiger partial charge in [-0.2, -0.15) is 0 Å². The minimum absolute atomic E-state index is 0.457. The van der Waals surface area contributed by atoms with Crippen LogP contribution in [0.25, 0.3) is 5.57 Å². The molecule has 0 bridgehead atoms. The van der Waals surface area contributed by atoms with E-state index in [0.29, 0.717) is 5.92 Å². The van der Waals surface area contributed by atoms with Crippen LogP contribution < -0.4 is 5.73 Å². The van der Waals surface area contributed by atoms with Crippen LogP contribution in [0.3, 0.4) is 0 Å². The van der Waals surface area contributed by atoms with Crippen LogP contribution in [0.4, 0.5) is 0 Å². The fourth-order valence-corrected chi connectivity index (χ4v) is 1.80. The number of allylic oxidation sites excluding steroid dienone is 4. The van der Waals surface area contributed by atoms with Crippen molar-refractivity contribution in [2.45, 2.75) is 13.3 Å². The van der Waals surface area contributed by atoms with Gasteiger partial charge in [-0.3, -0.25) is 0 Å². The number of hydrogen-bond acceptors (Lipinski definition) is 3. The molecular formula is C12H14N4. The molecule has 0 saturated heterocycles. The molecule has 2 rings (SSSR count). The Morgan fingerprint density at radius 2 is 2.19 bits per heavy atom. The molecule has 1 aliphatic rings. The van der Waals surface area contributed by atoms with Crippen molar-refractivity contribution in [3.63, 3.8) is 0 Å². The number of nitrogens with two attached hydrogens (primary N) is 1. The first-order valence-electron chi connectivity index (χ1n) is 5.21. The van der Waals surface area contributed by atoms with E-state index in [9.17, 15) is 0 Å². The number of aliphatic imine (C=N–C) groups is 1. The Hall–Kier alpha value is -1.97. The first-order valence-corrected chi connectivity index (χ1v) is 5.21. The molecule has 4 heteroatoms. The summed E-state index contributed by atoms with van der Waals surface area (Å²) in [4.78, 5) is 12.2. The van der Waals surface area contributed by atoms with Crippen molar-refractivity contribution >= 4 is 11.9 Å². The van der Waals surface area contributed by atoms with Gasteiger partial charge in [-0.15, -0.1) is 0 Å². The molecule has 0 aliphatic heterocycles. The predicted octanol–water partition coefficient (Wildman–Crippen LogP) is 1.77. The standard InChI is InChI=1S/C12H14N4/c1-9-2-10(4-12(3-9)16-7-13)11-5-14-8-15-6-11/h2,4-9H,3H2,1H3,(H2,13,16). The highest BCUT2D eigenvalue weighted by Gasteiger charge is 2.12. The van der Waals surface area contributed by atoms with E-state index < -0.39 is 0 Å². The Kier molecular flexibility index (Phi) is 3.10. The lowest BCUT2D eigenvalue weighted by Gasteiger charge is -2.15. The number of nitrogens with zero attached hydrogens (tertiary/aromatic N) is 3. The minimum Gasteiger partial charge on any atom is -0.390 e. The van der Waals surface area contributed by atoms with Crippen molar-refractivity contribution in [2.24, 2.45) is 16.6 Å². The summed E-state index contributed by atoms with van der Waals surface area (Å²) in [5, 5.41) is 0. The zero-order valence-corrected chi connectivity index (χ0v) is 9.17. The van der Waals surface area contributed by atoms with Crippen LogP contribution in [0.15, 0.2) is 41.6 Å². The summed E-state index contributed by atoms with van der Waals surface area (Å²) in [5.41, 5.74) is 8.43. The zero-order chi connectivity index (χ0) is 11.4. The molecule has 16 heavy (non-hydrogen) atoms. The van der Waals surface area contributed by atoms with Gasteiger partial charge in [0, 0.05) is 23.7 Å². The molecule has 1 heterocycles. The highest BCUT2D eigenvalue weighted by atomic mass is 14.8. The summed E-state index contributed by atoms with van der Waals surface area (Å²) in [5.74, 6) is 0.457. The van der Waals surface area contributed by atoms with Crippen LogP contribution in [0.5, 0.6) is 0 Å². The van der Waals surface area contributed by atoms with E-state index in [4.69, 9.17) is 5.73 Å². The second-order valence-corrected chi connectivity index (χ2v) is 3.84. The Balaban J connectivity index is 2.34. The Morgan fingerprint density at radius 3 is 2.88 bits per heavy atom. The van der Waals surface area contributed by atoms with Gasteiger partial charge in [-0.25, -0.2) is 15.0 Å². The lowest BCUT2D eigenvalue weighted by atomic mass is 9.93. The van der Waals surface area contributed by atoms with Crippen molar-refractivity contribution < 1.29 is 0 Å². The number of rotatable bonds is 2. The molecule has 4 nitrogen and oxygen atoms in total. The number of aromatic nitrogens is 2. The summed E-state index contributed by atoms with van der Waals surface area (Å²) >= 11 is 0. The zero-order valence-electron chi connectivity index (χ0n) is 9.17. The second-order valence-electron chi connectivity index (χ2n) is 3.84. The molecule has 82 valence electrons. The van der Waals surface area contributed by atoms with Crippen molar-refractivity contribution in [2.75, 3.05) is 0 Å². The van der Waals surface area contributed by atoms with E-state index in [1.165, 1.54) is 12.7 Å². The molecular weight excluding hydrogens is 200 g/mol. The molecule has 0 spiro atoms. The maximum atomic E-state index is 5.31. The van der Waals surface area contributed by atoms with Gasteiger partial charge in [0.2, 0.25) is 0 Å². The quantitative estimate of drug-likeness (QED) is 0.602. The van der Waals surface area contributed by atoms with Crippen molar-refractivity contribution in [1.29, 1.82) is 0 Å². The molecule has 0 amide bonds. The van der Waals surface area contributed by atoms with Crippen LogP contribution in [0.1, 0.15) is 18.9 Å². The summed E-state index contributed by atoms with van der Waals surface area (Å²) in [6.45, 7) is 2.16. The maximum absolute atomic E-state index is 5.31. The Morgan fingerprint density at radius 1 is 1.44 bits per heavy atom. The van der Waals surface area contributed by atoms with E-state index in [2.05, 4.69) is 28.0 Å². The molecule has 1 aliphatic carbocycles. The summed E-state index contributed by atoms with van der Waals surface area (Å²) in [6.07, 6.45) is 11.6. The summed E-state index contributed by atoms with van der Waals surface area (Å²) in [7, 11) is 0. The van der Waals surface area contributed by atoms with Gasteiger partial charge in [0.25, 0.3) is 0 Å². The Bertz CT molecular complexity index is 445. The predicted molar refractivity (Wildman–Crippen MR) is 64.6 cm³/mol. The highest BCUT2D eigenvalue weighted by molar-refractivity contribution is 5.75. The first kappa shape index (κ1) is 10.5. The SMILES string of the molecule is CC1C=C(c2cncnc2)C=C(N=CN)C1. The van der Waals surface area contributed by atoms with E-state index in [-0.39, 0.29) is 0 Å². The van der Waals surface area contributed by atoms with E-state index in [1.807, 2.05) is 6.08 Å². The molecule has 0 saturated carbocycles. The average Bonchev–Trinajstić information content (AvgIpc) is 2.30. The van der Waals surface area contributed by atoms with E-state index in [0.717, 1.165) is 23.3 Å².